The third-order valence-electron chi connectivity index (χ3n) is 2.11. The number of carboxylic acid groups (broad SMARTS) is 1. The van der Waals surface area contributed by atoms with E-state index in [0.29, 0.717) is 0 Å². The Balaban J connectivity index is 3.98. The minimum Gasteiger partial charge on any atom is -0.481 e. The molecular formula is C9H15F3O3. The Morgan fingerprint density at radius 3 is 2.40 bits per heavy atom. The van der Waals surface area contributed by atoms with Gasteiger partial charge in [-0.2, -0.15) is 0 Å². The Hall–Kier alpha value is -0.780. The Kier molecular flexibility index (Phi) is 5.64. The van der Waals surface area contributed by atoms with E-state index in [0.717, 1.165) is 0 Å². The van der Waals surface area contributed by atoms with Crippen LogP contribution in [0.3, 0.4) is 0 Å². The zero-order chi connectivity index (χ0) is 12.1. The van der Waals surface area contributed by atoms with Crippen molar-refractivity contribution in [2.24, 2.45) is 5.92 Å². The van der Waals surface area contributed by atoms with E-state index >= 15 is 0 Å². The van der Waals surface area contributed by atoms with E-state index in [4.69, 9.17) is 5.11 Å². The lowest BCUT2D eigenvalue weighted by atomic mass is 10.1. The highest BCUT2D eigenvalue weighted by Crippen LogP contribution is 2.25. The molecule has 0 aromatic heterocycles. The maximum Gasteiger partial charge on any atom is 0.308 e. The van der Waals surface area contributed by atoms with Gasteiger partial charge < -0.3 is 9.84 Å². The first kappa shape index (κ1) is 14.2. The highest BCUT2D eigenvalue weighted by atomic mass is 19.3. The highest BCUT2D eigenvalue weighted by molar-refractivity contribution is 5.69. The first-order valence-electron chi connectivity index (χ1n) is 4.61. The van der Waals surface area contributed by atoms with Crippen molar-refractivity contribution in [2.45, 2.75) is 32.4 Å². The molecule has 1 N–H and O–H groups in total. The molecule has 6 heteroatoms. The molecule has 1 unspecified atom stereocenters. The van der Waals surface area contributed by atoms with Gasteiger partial charge in [-0.05, 0) is 13.3 Å². The number of rotatable bonds is 7. The molecule has 90 valence electrons. The minimum absolute atomic E-state index is 0.270. The Morgan fingerprint density at radius 1 is 1.53 bits per heavy atom. The highest BCUT2D eigenvalue weighted by Gasteiger charge is 2.39. The van der Waals surface area contributed by atoms with Crippen molar-refractivity contribution in [3.05, 3.63) is 0 Å². The second-order valence-electron chi connectivity index (χ2n) is 3.44. The van der Waals surface area contributed by atoms with Crippen molar-refractivity contribution in [1.29, 1.82) is 0 Å². The Bertz CT molecular complexity index is 211. The topological polar surface area (TPSA) is 46.5 Å². The summed E-state index contributed by atoms with van der Waals surface area (Å²) in [5, 5.41) is 8.46. The molecule has 0 amide bonds. The summed E-state index contributed by atoms with van der Waals surface area (Å²) in [6.07, 6.45) is -3.49. The van der Waals surface area contributed by atoms with E-state index < -0.39 is 30.6 Å². The van der Waals surface area contributed by atoms with Crippen LogP contribution in [0.1, 0.15) is 20.3 Å². The molecule has 0 aliphatic heterocycles. The van der Waals surface area contributed by atoms with Crippen LogP contribution in [0.4, 0.5) is 13.2 Å². The molecule has 0 saturated carbocycles. The van der Waals surface area contributed by atoms with Crippen molar-refractivity contribution >= 4 is 5.97 Å². The molecule has 0 aromatic rings. The van der Waals surface area contributed by atoms with Crippen molar-refractivity contribution < 1.29 is 27.8 Å². The molecule has 15 heavy (non-hydrogen) atoms. The predicted octanol–water partition coefficient (Wildman–Crippen LogP) is 2.11. The summed E-state index contributed by atoms with van der Waals surface area (Å²) in [5.41, 5.74) is -2.68. The lowest BCUT2D eigenvalue weighted by molar-refractivity contribution is -0.145. The fourth-order valence-corrected chi connectivity index (χ4v) is 0.796. The van der Waals surface area contributed by atoms with Gasteiger partial charge in [0.15, 0.2) is 5.67 Å². The Morgan fingerprint density at radius 2 is 2.07 bits per heavy atom. The normalized spacial score (nSPS) is 17.5. The summed E-state index contributed by atoms with van der Waals surface area (Å²) in [4.78, 5) is 10.3. The molecule has 0 rings (SSSR count). The van der Waals surface area contributed by atoms with Crippen LogP contribution in [-0.2, 0) is 9.53 Å². The molecule has 0 bridgehead atoms. The first-order chi connectivity index (χ1) is 6.83. The molecule has 0 heterocycles. The van der Waals surface area contributed by atoms with Gasteiger partial charge in [0, 0.05) is 0 Å². The van der Waals surface area contributed by atoms with Gasteiger partial charge in [0.05, 0.1) is 19.1 Å². The van der Waals surface area contributed by atoms with Crippen molar-refractivity contribution in [1.82, 2.24) is 0 Å². The minimum atomic E-state index is -3.12. The van der Waals surface area contributed by atoms with Crippen molar-refractivity contribution in [3.63, 3.8) is 0 Å². The van der Waals surface area contributed by atoms with E-state index in [-0.39, 0.29) is 13.0 Å². The molecule has 0 spiro atoms. The molecule has 3 nitrogen and oxygen atoms in total. The molecule has 0 aliphatic rings. The van der Waals surface area contributed by atoms with Crippen LogP contribution in [0.2, 0.25) is 0 Å². The molecule has 0 aliphatic carbocycles. The van der Waals surface area contributed by atoms with Gasteiger partial charge in [-0.25, -0.2) is 13.2 Å². The summed E-state index contributed by atoms with van der Waals surface area (Å²) < 4.78 is 42.3. The lowest BCUT2D eigenvalue weighted by Gasteiger charge is -2.22. The van der Waals surface area contributed by atoms with Gasteiger partial charge in [0.25, 0.3) is 6.43 Å². The van der Waals surface area contributed by atoms with Gasteiger partial charge in [0.2, 0.25) is 0 Å². The molecule has 0 radical (unpaired) electrons. The standard InChI is InChI=1S/C9H15F3O3/c1-3-9(12,8(10)11)5-15-4-6(2)7(13)14/h6,8H,3-5H2,1-2H3,(H,13,14)/t6-,9?/m0/s1. The number of hydrogen-bond donors (Lipinski definition) is 1. The third-order valence-corrected chi connectivity index (χ3v) is 2.11. The SMILES string of the molecule is CCC(F)(COC[C@H](C)C(=O)O)C(F)F. The summed E-state index contributed by atoms with van der Waals surface area (Å²) in [6.45, 7) is 1.60. The van der Waals surface area contributed by atoms with E-state index in [1.807, 2.05) is 0 Å². The van der Waals surface area contributed by atoms with Crippen LogP contribution in [0.25, 0.3) is 0 Å². The zero-order valence-electron chi connectivity index (χ0n) is 8.67. The fraction of sp³-hybridized carbons (Fsp3) is 0.889. The summed E-state index contributed by atoms with van der Waals surface area (Å²) >= 11 is 0. The maximum atomic E-state index is 13.3. The number of hydrogen-bond acceptors (Lipinski definition) is 2. The molecule has 0 saturated heterocycles. The van der Waals surface area contributed by atoms with Crippen LogP contribution < -0.4 is 0 Å². The van der Waals surface area contributed by atoms with E-state index in [1.54, 1.807) is 0 Å². The van der Waals surface area contributed by atoms with E-state index in [9.17, 15) is 18.0 Å². The number of halogens is 3. The van der Waals surface area contributed by atoms with Gasteiger partial charge in [-0.15, -0.1) is 0 Å². The molecule has 0 aromatic carbocycles. The molecule has 2 atom stereocenters. The second-order valence-corrected chi connectivity index (χ2v) is 3.44. The van der Waals surface area contributed by atoms with E-state index in [1.165, 1.54) is 13.8 Å². The number of carbonyl (C=O) groups is 1. The molecular weight excluding hydrogens is 213 g/mol. The summed E-state index contributed by atoms with van der Waals surface area (Å²) in [7, 11) is 0. The molecule has 0 fully saturated rings. The third kappa shape index (κ3) is 4.51. The quantitative estimate of drug-likeness (QED) is 0.725. The van der Waals surface area contributed by atoms with Gasteiger partial charge in [-0.1, -0.05) is 6.92 Å². The number of alkyl halides is 3. The summed E-state index contributed by atoms with van der Waals surface area (Å²) in [6, 6.07) is 0. The van der Waals surface area contributed by atoms with Crippen molar-refractivity contribution in [2.75, 3.05) is 13.2 Å². The summed E-state index contributed by atoms with van der Waals surface area (Å²) in [5.74, 6) is -1.93. The van der Waals surface area contributed by atoms with Crippen LogP contribution in [-0.4, -0.2) is 36.4 Å². The lowest BCUT2D eigenvalue weighted by Crippen LogP contribution is -2.37. The monoisotopic (exact) mass is 228 g/mol. The van der Waals surface area contributed by atoms with Crippen LogP contribution >= 0.6 is 0 Å². The average molecular weight is 228 g/mol. The van der Waals surface area contributed by atoms with Crippen LogP contribution in [0, 0.1) is 5.92 Å². The largest absolute Gasteiger partial charge is 0.481 e. The van der Waals surface area contributed by atoms with E-state index in [2.05, 4.69) is 4.74 Å². The number of aliphatic carboxylic acids is 1. The van der Waals surface area contributed by atoms with Crippen LogP contribution in [0.5, 0.6) is 0 Å². The van der Waals surface area contributed by atoms with Crippen molar-refractivity contribution in [3.8, 4) is 0 Å². The fourth-order valence-electron chi connectivity index (χ4n) is 0.796. The first-order valence-corrected chi connectivity index (χ1v) is 4.61. The average Bonchev–Trinajstić information content (AvgIpc) is 2.16. The van der Waals surface area contributed by atoms with Crippen LogP contribution in [0.15, 0.2) is 0 Å². The van der Waals surface area contributed by atoms with Gasteiger partial charge in [0.1, 0.15) is 0 Å². The predicted molar refractivity (Wildman–Crippen MR) is 47.8 cm³/mol. The number of carboxylic acids is 1. The van der Waals surface area contributed by atoms with Gasteiger partial charge in [-0.3, -0.25) is 4.79 Å². The van der Waals surface area contributed by atoms with Gasteiger partial charge >= 0.3 is 5.97 Å². The maximum absolute atomic E-state index is 13.3. The second kappa shape index (κ2) is 5.95. The zero-order valence-corrected chi connectivity index (χ0v) is 8.67. The smallest absolute Gasteiger partial charge is 0.308 e. The Labute approximate surface area is 86.2 Å². The number of ether oxygens (including phenoxy) is 1.